The Balaban J connectivity index is 1.83. The Bertz CT molecular complexity index is 713. The summed E-state index contributed by atoms with van der Waals surface area (Å²) in [6.45, 7) is 5.78. The first kappa shape index (κ1) is 16.0. The van der Waals surface area contributed by atoms with E-state index in [2.05, 4.69) is 11.8 Å². The van der Waals surface area contributed by atoms with Crippen molar-refractivity contribution in [1.82, 2.24) is 4.90 Å². The van der Waals surface area contributed by atoms with Crippen molar-refractivity contribution in [2.45, 2.75) is 57.6 Å². The molecule has 3 atom stereocenters. The SMILES string of the molecule is CC[C@@]1(CC(C)=O)CCCN2CC[C@]3(O)C(=Nc4ccccc43)[C@@H]21. The highest BCUT2D eigenvalue weighted by Crippen LogP contribution is 2.52. The van der Waals surface area contributed by atoms with Gasteiger partial charge in [0.1, 0.15) is 11.4 Å². The second-order valence-corrected chi connectivity index (χ2v) is 7.76. The van der Waals surface area contributed by atoms with Crippen molar-refractivity contribution in [1.29, 1.82) is 0 Å². The van der Waals surface area contributed by atoms with Gasteiger partial charge in [0.05, 0.1) is 17.4 Å². The van der Waals surface area contributed by atoms with Gasteiger partial charge in [0.25, 0.3) is 0 Å². The number of hydrogen-bond donors (Lipinski definition) is 1. The Morgan fingerprint density at radius 3 is 2.88 bits per heavy atom. The van der Waals surface area contributed by atoms with Gasteiger partial charge in [-0.05, 0) is 50.6 Å². The van der Waals surface area contributed by atoms with Crippen LogP contribution < -0.4 is 0 Å². The van der Waals surface area contributed by atoms with Crippen molar-refractivity contribution in [2.75, 3.05) is 13.1 Å². The molecular weight excluding hydrogens is 300 g/mol. The van der Waals surface area contributed by atoms with E-state index in [9.17, 15) is 9.90 Å². The van der Waals surface area contributed by atoms with E-state index in [0.29, 0.717) is 12.8 Å². The summed E-state index contributed by atoms with van der Waals surface area (Å²) < 4.78 is 0. The smallest absolute Gasteiger partial charge is 0.132 e. The largest absolute Gasteiger partial charge is 0.379 e. The van der Waals surface area contributed by atoms with Gasteiger partial charge >= 0.3 is 0 Å². The number of benzene rings is 1. The summed E-state index contributed by atoms with van der Waals surface area (Å²) in [6.07, 6.45) is 4.38. The zero-order valence-corrected chi connectivity index (χ0v) is 14.6. The first-order chi connectivity index (χ1) is 11.5. The molecular formula is C20H26N2O2. The predicted molar refractivity (Wildman–Crippen MR) is 94.7 cm³/mol. The number of nitrogens with zero attached hydrogens (tertiary/aromatic N) is 2. The molecule has 4 heteroatoms. The van der Waals surface area contributed by atoms with Gasteiger partial charge in [-0.15, -0.1) is 0 Å². The van der Waals surface area contributed by atoms with Crippen LogP contribution in [0.1, 0.15) is 51.5 Å². The summed E-state index contributed by atoms with van der Waals surface area (Å²) in [5.74, 6) is 0.240. The fraction of sp³-hybridized carbons (Fsp3) is 0.600. The lowest BCUT2D eigenvalue weighted by atomic mass is 9.62. The van der Waals surface area contributed by atoms with Crippen LogP contribution in [0, 0.1) is 5.41 Å². The quantitative estimate of drug-likeness (QED) is 0.928. The van der Waals surface area contributed by atoms with E-state index in [1.807, 2.05) is 24.3 Å². The Labute approximate surface area is 143 Å². The van der Waals surface area contributed by atoms with Crippen LogP contribution in [0.2, 0.25) is 0 Å². The Hall–Kier alpha value is -1.52. The summed E-state index contributed by atoms with van der Waals surface area (Å²) in [6, 6.07) is 8.02. The van der Waals surface area contributed by atoms with Gasteiger partial charge in [-0.3, -0.25) is 9.89 Å². The lowest BCUT2D eigenvalue weighted by Gasteiger charge is -2.55. The number of ketones is 1. The van der Waals surface area contributed by atoms with Crippen molar-refractivity contribution >= 4 is 17.2 Å². The van der Waals surface area contributed by atoms with Crippen molar-refractivity contribution in [2.24, 2.45) is 10.4 Å². The average Bonchev–Trinajstić information content (AvgIpc) is 2.87. The van der Waals surface area contributed by atoms with Gasteiger partial charge in [0.15, 0.2) is 0 Å². The molecule has 0 saturated carbocycles. The standard InChI is InChI=1S/C20H26N2O2/c1-3-19(13-14(2)23)9-6-11-22-12-10-20(24)15-7-4-5-8-16(15)21-17(20)18(19)22/h4-5,7-8,18,24H,3,6,9-13H2,1-2H3/t18-,19+,20-/m1/s1. The van der Waals surface area contributed by atoms with E-state index in [4.69, 9.17) is 4.99 Å². The zero-order chi connectivity index (χ0) is 16.9. The molecule has 1 aromatic carbocycles. The molecule has 0 aliphatic carbocycles. The molecule has 0 amide bonds. The number of rotatable bonds is 3. The average molecular weight is 326 g/mol. The first-order valence-corrected chi connectivity index (χ1v) is 9.15. The lowest BCUT2D eigenvalue weighted by Crippen LogP contribution is -2.64. The van der Waals surface area contributed by atoms with Crippen molar-refractivity contribution in [3.05, 3.63) is 29.8 Å². The van der Waals surface area contributed by atoms with Gasteiger partial charge in [-0.1, -0.05) is 25.1 Å². The minimum absolute atomic E-state index is 0.0753. The summed E-state index contributed by atoms with van der Waals surface area (Å²) >= 11 is 0. The molecule has 2 fully saturated rings. The molecule has 1 aromatic rings. The topological polar surface area (TPSA) is 52.9 Å². The van der Waals surface area contributed by atoms with E-state index in [-0.39, 0.29) is 17.2 Å². The Morgan fingerprint density at radius 2 is 2.12 bits per heavy atom. The summed E-state index contributed by atoms with van der Waals surface area (Å²) in [4.78, 5) is 19.4. The molecule has 3 heterocycles. The van der Waals surface area contributed by atoms with Crippen molar-refractivity contribution in [3.63, 3.8) is 0 Å². The van der Waals surface area contributed by atoms with Crippen LogP contribution in [0.3, 0.4) is 0 Å². The van der Waals surface area contributed by atoms with Gasteiger partial charge < -0.3 is 9.90 Å². The number of piperidine rings is 2. The van der Waals surface area contributed by atoms with Crippen LogP contribution in [-0.4, -0.2) is 40.6 Å². The monoisotopic (exact) mass is 326 g/mol. The van der Waals surface area contributed by atoms with Crippen LogP contribution in [0.4, 0.5) is 5.69 Å². The fourth-order valence-electron chi connectivity index (χ4n) is 5.30. The molecule has 2 saturated heterocycles. The molecule has 0 aromatic heterocycles. The molecule has 3 aliphatic rings. The van der Waals surface area contributed by atoms with Crippen LogP contribution >= 0.6 is 0 Å². The summed E-state index contributed by atoms with van der Waals surface area (Å²) in [5.41, 5.74) is 1.68. The normalized spacial score (nSPS) is 35.0. The van der Waals surface area contributed by atoms with Gasteiger partial charge in [0.2, 0.25) is 0 Å². The lowest BCUT2D eigenvalue weighted by molar-refractivity contribution is -0.121. The summed E-state index contributed by atoms with van der Waals surface area (Å²) in [5, 5.41) is 11.5. The number of Topliss-reactive ketones (excluding diaryl/α,β-unsaturated/α-hetero) is 1. The van der Waals surface area contributed by atoms with E-state index in [1.165, 1.54) is 0 Å². The fourth-order valence-corrected chi connectivity index (χ4v) is 5.30. The number of carbonyl (C=O) groups excluding carboxylic acids is 1. The molecule has 128 valence electrons. The minimum atomic E-state index is -0.952. The van der Waals surface area contributed by atoms with Crippen LogP contribution in [0.5, 0.6) is 0 Å². The van der Waals surface area contributed by atoms with Crippen molar-refractivity contribution < 1.29 is 9.90 Å². The molecule has 3 aliphatic heterocycles. The number of aliphatic hydroxyl groups is 1. The van der Waals surface area contributed by atoms with Crippen LogP contribution in [0.25, 0.3) is 0 Å². The maximum Gasteiger partial charge on any atom is 0.132 e. The van der Waals surface area contributed by atoms with E-state index >= 15 is 0 Å². The number of hydrogen-bond acceptors (Lipinski definition) is 4. The number of para-hydroxylation sites is 1. The first-order valence-electron chi connectivity index (χ1n) is 9.15. The Kier molecular flexibility index (Phi) is 3.66. The van der Waals surface area contributed by atoms with Gasteiger partial charge in [-0.2, -0.15) is 0 Å². The third kappa shape index (κ3) is 2.12. The van der Waals surface area contributed by atoms with Crippen molar-refractivity contribution in [3.8, 4) is 0 Å². The molecule has 0 unspecified atom stereocenters. The van der Waals surface area contributed by atoms with E-state index in [0.717, 1.165) is 49.3 Å². The maximum atomic E-state index is 12.0. The highest BCUT2D eigenvalue weighted by Gasteiger charge is 2.57. The number of aliphatic imine (C=N–C) groups is 1. The molecule has 4 rings (SSSR count). The third-order valence-corrected chi connectivity index (χ3v) is 6.40. The highest BCUT2D eigenvalue weighted by atomic mass is 16.3. The second kappa shape index (κ2) is 5.50. The van der Waals surface area contributed by atoms with Gasteiger partial charge in [-0.25, -0.2) is 0 Å². The van der Waals surface area contributed by atoms with Crippen LogP contribution in [0.15, 0.2) is 29.3 Å². The van der Waals surface area contributed by atoms with E-state index < -0.39 is 5.60 Å². The predicted octanol–water partition coefficient (Wildman–Crippen LogP) is 3.20. The zero-order valence-electron chi connectivity index (χ0n) is 14.6. The van der Waals surface area contributed by atoms with E-state index in [1.54, 1.807) is 6.92 Å². The minimum Gasteiger partial charge on any atom is -0.379 e. The molecule has 0 radical (unpaired) electrons. The molecule has 0 spiro atoms. The molecule has 0 bridgehead atoms. The molecule has 24 heavy (non-hydrogen) atoms. The molecule has 4 nitrogen and oxygen atoms in total. The molecule has 1 N–H and O–H groups in total. The van der Waals surface area contributed by atoms with Crippen LogP contribution in [-0.2, 0) is 10.4 Å². The second-order valence-electron chi connectivity index (χ2n) is 7.76. The number of carbonyl (C=O) groups is 1. The summed E-state index contributed by atoms with van der Waals surface area (Å²) in [7, 11) is 0. The highest BCUT2D eigenvalue weighted by molar-refractivity contribution is 6.05. The Morgan fingerprint density at radius 1 is 1.33 bits per heavy atom. The van der Waals surface area contributed by atoms with Gasteiger partial charge in [0, 0.05) is 18.5 Å². The maximum absolute atomic E-state index is 12.0. The number of fused-ring (bicyclic) bond motifs is 5. The third-order valence-electron chi connectivity index (χ3n) is 6.40.